The third-order valence-electron chi connectivity index (χ3n) is 5.60. The van der Waals surface area contributed by atoms with Crippen LogP contribution in [0, 0.1) is 0 Å². The van der Waals surface area contributed by atoms with Gasteiger partial charge in [0.25, 0.3) is 5.91 Å². The van der Waals surface area contributed by atoms with Gasteiger partial charge in [0.2, 0.25) is 5.91 Å². The van der Waals surface area contributed by atoms with E-state index in [1.165, 1.54) is 16.2 Å². The number of carbonyl (C=O) groups is 2. The first-order valence-electron chi connectivity index (χ1n) is 11.5. The number of nitrogens with one attached hydrogen (secondary N) is 1. The molecular formula is C27H24N4O4S. The first-order chi connectivity index (χ1) is 17.5. The van der Waals surface area contributed by atoms with Crippen LogP contribution in [0.25, 0.3) is 22.0 Å². The molecule has 0 saturated carbocycles. The number of benzene rings is 2. The standard InChI is InChI=1S/C27H24N4O4S/c1-3-34-20-10-8-19(9-11-20)29-25(32)15-31-23-14-18(7-12-24(23)35-17(2)27(31)33)22-16-36-26(30-22)21-6-4-5-13-28-21/h4-14,16-17H,3,15H2,1-2H3,(H,29,32). The molecule has 3 heterocycles. The van der Waals surface area contributed by atoms with E-state index in [4.69, 9.17) is 14.5 Å². The number of pyridine rings is 1. The number of aromatic nitrogens is 2. The highest BCUT2D eigenvalue weighted by Gasteiger charge is 2.33. The number of anilines is 2. The van der Waals surface area contributed by atoms with E-state index in [9.17, 15) is 9.59 Å². The topological polar surface area (TPSA) is 93.7 Å². The van der Waals surface area contributed by atoms with Gasteiger partial charge in [0.05, 0.1) is 23.7 Å². The number of hydrogen-bond acceptors (Lipinski definition) is 7. The number of amides is 2. The number of ether oxygens (including phenoxy) is 2. The van der Waals surface area contributed by atoms with Crippen molar-refractivity contribution in [3.05, 3.63) is 72.2 Å². The van der Waals surface area contributed by atoms with Crippen LogP contribution in [0.5, 0.6) is 11.5 Å². The Bertz CT molecular complexity index is 1390. The van der Waals surface area contributed by atoms with Gasteiger partial charge in [-0.1, -0.05) is 6.07 Å². The number of hydrogen-bond donors (Lipinski definition) is 1. The SMILES string of the molecule is CCOc1ccc(NC(=O)CN2C(=O)C(C)Oc3ccc(-c4csc(-c5ccccn5)n4)cc32)cc1. The molecule has 182 valence electrons. The Morgan fingerprint density at radius 2 is 1.97 bits per heavy atom. The summed E-state index contributed by atoms with van der Waals surface area (Å²) in [6.07, 6.45) is 1.03. The highest BCUT2D eigenvalue weighted by atomic mass is 32.1. The summed E-state index contributed by atoms with van der Waals surface area (Å²) >= 11 is 1.49. The van der Waals surface area contributed by atoms with E-state index in [1.54, 1.807) is 37.4 Å². The van der Waals surface area contributed by atoms with Gasteiger partial charge >= 0.3 is 0 Å². The predicted molar refractivity (Wildman–Crippen MR) is 139 cm³/mol. The monoisotopic (exact) mass is 500 g/mol. The van der Waals surface area contributed by atoms with Crippen LogP contribution in [0.3, 0.4) is 0 Å². The van der Waals surface area contributed by atoms with Crippen molar-refractivity contribution < 1.29 is 19.1 Å². The largest absolute Gasteiger partial charge is 0.494 e. The molecule has 1 unspecified atom stereocenters. The molecule has 8 nitrogen and oxygen atoms in total. The Kier molecular flexibility index (Phi) is 6.64. The Balaban J connectivity index is 1.38. The van der Waals surface area contributed by atoms with Crippen molar-refractivity contribution in [2.75, 3.05) is 23.4 Å². The van der Waals surface area contributed by atoms with Crippen molar-refractivity contribution in [1.82, 2.24) is 9.97 Å². The maximum atomic E-state index is 13.0. The third-order valence-corrected chi connectivity index (χ3v) is 6.47. The first-order valence-corrected chi connectivity index (χ1v) is 12.4. The minimum Gasteiger partial charge on any atom is -0.494 e. The molecule has 1 N–H and O–H groups in total. The van der Waals surface area contributed by atoms with E-state index in [2.05, 4.69) is 10.3 Å². The number of fused-ring (bicyclic) bond motifs is 1. The van der Waals surface area contributed by atoms with E-state index in [0.29, 0.717) is 23.7 Å². The summed E-state index contributed by atoms with van der Waals surface area (Å²) in [5, 5.41) is 5.59. The molecule has 36 heavy (non-hydrogen) atoms. The molecule has 0 fully saturated rings. The van der Waals surface area contributed by atoms with Crippen molar-refractivity contribution in [2.24, 2.45) is 0 Å². The average molecular weight is 501 g/mol. The van der Waals surface area contributed by atoms with Crippen LogP contribution in [0.15, 0.2) is 72.2 Å². The van der Waals surface area contributed by atoms with Gasteiger partial charge in [0.15, 0.2) is 6.10 Å². The van der Waals surface area contributed by atoms with Crippen LogP contribution in [0.4, 0.5) is 11.4 Å². The fourth-order valence-electron chi connectivity index (χ4n) is 3.89. The average Bonchev–Trinajstić information content (AvgIpc) is 3.39. The van der Waals surface area contributed by atoms with Gasteiger partial charge in [-0.2, -0.15) is 0 Å². The number of rotatable bonds is 7. The van der Waals surface area contributed by atoms with Gasteiger partial charge in [-0.3, -0.25) is 19.5 Å². The van der Waals surface area contributed by atoms with Crippen molar-refractivity contribution >= 4 is 34.5 Å². The van der Waals surface area contributed by atoms with Gasteiger partial charge in [0, 0.05) is 22.8 Å². The lowest BCUT2D eigenvalue weighted by Gasteiger charge is -2.32. The molecule has 1 aliphatic heterocycles. The molecule has 0 aliphatic carbocycles. The Morgan fingerprint density at radius 1 is 1.14 bits per heavy atom. The summed E-state index contributed by atoms with van der Waals surface area (Å²) in [6, 6.07) is 18.3. The first kappa shape index (κ1) is 23.5. The van der Waals surface area contributed by atoms with Crippen LogP contribution < -0.4 is 19.7 Å². The minimum atomic E-state index is -0.698. The zero-order chi connectivity index (χ0) is 25.1. The summed E-state index contributed by atoms with van der Waals surface area (Å²) in [5.41, 5.74) is 3.52. The van der Waals surface area contributed by atoms with Crippen LogP contribution in [-0.4, -0.2) is 41.0 Å². The molecule has 0 saturated heterocycles. The molecule has 2 aromatic heterocycles. The highest BCUT2D eigenvalue weighted by Crippen LogP contribution is 2.38. The normalized spacial score (nSPS) is 14.7. The summed E-state index contributed by atoms with van der Waals surface area (Å²) in [7, 11) is 0. The molecule has 0 bridgehead atoms. The Hall–Kier alpha value is -4.24. The Morgan fingerprint density at radius 3 is 2.72 bits per heavy atom. The van der Waals surface area contributed by atoms with Gasteiger partial charge in [-0.25, -0.2) is 4.98 Å². The van der Waals surface area contributed by atoms with Crippen molar-refractivity contribution in [1.29, 1.82) is 0 Å². The van der Waals surface area contributed by atoms with Crippen LogP contribution >= 0.6 is 11.3 Å². The van der Waals surface area contributed by atoms with E-state index in [-0.39, 0.29) is 18.4 Å². The van der Waals surface area contributed by atoms with Crippen LogP contribution in [0.2, 0.25) is 0 Å². The zero-order valence-corrected chi connectivity index (χ0v) is 20.6. The number of carbonyl (C=O) groups excluding carboxylic acids is 2. The molecule has 1 aliphatic rings. The quantitative estimate of drug-likeness (QED) is 0.383. The summed E-state index contributed by atoms with van der Waals surface area (Å²) < 4.78 is 11.3. The molecule has 4 aromatic rings. The van der Waals surface area contributed by atoms with Gasteiger partial charge in [-0.05, 0) is 68.4 Å². The van der Waals surface area contributed by atoms with Gasteiger partial charge in [-0.15, -0.1) is 11.3 Å². The minimum absolute atomic E-state index is 0.146. The second kappa shape index (κ2) is 10.2. The van der Waals surface area contributed by atoms with E-state index in [0.717, 1.165) is 27.7 Å². The van der Waals surface area contributed by atoms with Crippen molar-refractivity contribution in [3.8, 4) is 33.5 Å². The lowest BCUT2D eigenvalue weighted by atomic mass is 10.1. The van der Waals surface area contributed by atoms with Crippen molar-refractivity contribution in [2.45, 2.75) is 20.0 Å². The smallest absolute Gasteiger partial charge is 0.268 e. The second-order valence-electron chi connectivity index (χ2n) is 8.13. The lowest BCUT2D eigenvalue weighted by molar-refractivity contribution is -0.127. The molecule has 9 heteroatoms. The summed E-state index contributed by atoms with van der Waals surface area (Å²) in [4.78, 5) is 36.4. The fraction of sp³-hybridized carbons (Fsp3) is 0.185. The van der Waals surface area contributed by atoms with Gasteiger partial charge < -0.3 is 14.8 Å². The fourth-order valence-corrected chi connectivity index (χ4v) is 4.69. The molecular weight excluding hydrogens is 476 g/mol. The molecule has 2 aromatic carbocycles. The highest BCUT2D eigenvalue weighted by molar-refractivity contribution is 7.13. The van der Waals surface area contributed by atoms with Crippen molar-refractivity contribution in [3.63, 3.8) is 0 Å². The lowest BCUT2D eigenvalue weighted by Crippen LogP contribution is -2.47. The molecule has 2 amide bonds. The number of thiazole rings is 1. The number of nitrogens with zero attached hydrogens (tertiary/aromatic N) is 3. The van der Waals surface area contributed by atoms with Crippen LogP contribution in [-0.2, 0) is 9.59 Å². The maximum absolute atomic E-state index is 13.0. The van der Waals surface area contributed by atoms with Crippen LogP contribution in [0.1, 0.15) is 13.8 Å². The molecule has 0 spiro atoms. The van der Waals surface area contributed by atoms with E-state index in [1.807, 2.05) is 48.7 Å². The van der Waals surface area contributed by atoms with E-state index < -0.39 is 6.10 Å². The summed E-state index contributed by atoms with van der Waals surface area (Å²) in [5.74, 6) is 0.667. The molecule has 5 rings (SSSR count). The Labute approximate surface area is 212 Å². The third kappa shape index (κ3) is 4.92. The van der Waals surface area contributed by atoms with E-state index >= 15 is 0 Å². The zero-order valence-electron chi connectivity index (χ0n) is 19.8. The second-order valence-corrected chi connectivity index (χ2v) is 8.98. The molecule has 1 atom stereocenters. The maximum Gasteiger partial charge on any atom is 0.268 e. The van der Waals surface area contributed by atoms with Gasteiger partial charge in [0.1, 0.15) is 23.1 Å². The predicted octanol–water partition coefficient (Wildman–Crippen LogP) is 5.02. The summed E-state index contributed by atoms with van der Waals surface area (Å²) in [6.45, 7) is 4.01. The molecule has 0 radical (unpaired) electrons.